The molecule has 0 N–H and O–H groups in total. The molecule has 2 nitrogen and oxygen atoms in total. The Hall–Kier alpha value is -1.61. The van der Waals surface area contributed by atoms with Crippen LogP contribution < -0.4 is 4.74 Å². The minimum atomic E-state index is -0.0234. The first-order chi connectivity index (χ1) is 9.11. The van der Waals surface area contributed by atoms with E-state index in [0.29, 0.717) is 23.5 Å². The largest absolute Gasteiger partial charge is 0.493 e. The maximum atomic E-state index is 12.5. The van der Waals surface area contributed by atoms with Crippen LogP contribution in [0.1, 0.15) is 28.4 Å². The molecule has 0 unspecified atom stereocenters. The van der Waals surface area contributed by atoms with Gasteiger partial charge in [-0.3, -0.25) is 4.79 Å². The van der Waals surface area contributed by atoms with Gasteiger partial charge in [0.05, 0.1) is 12.2 Å². The fraction of sp³-hybridized carbons (Fsp3) is 0.188. The zero-order valence-electron chi connectivity index (χ0n) is 10.9. The lowest BCUT2D eigenvalue weighted by molar-refractivity contribution is 0.103. The van der Waals surface area contributed by atoms with Gasteiger partial charge in [0, 0.05) is 10.0 Å². The van der Waals surface area contributed by atoms with Crippen molar-refractivity contribution >= 4 is 21.7 Å². The molecule has 0 bridgehead atoms. The topological polar surface area (TPSA) is 26.3 Å². The number of hydrogen-bond donors (Lipinski definition) is 0. The molecule has 0 aliphatic carbocycles. The summed E-state index contributed by atoms with van der Waals surface area (Å²) in [6, 6.07) is 13.0. The van der Waals surface area contributed by atoms with E-state index >= 15 is 0 Å². The number of ketones is 1. The first kappa shape index (κ1) is 13.8. The summed E-state index contributed by atoms with van der Waals surface area (Å²) in [6.45, 7) is 4.44. The Morgan fingerprint density at radius 3 is 2.47 bits per heavy atom. The third-order valence-electron chi connectivity index (χ3n) is 2.80. The smallest absolute Gasteiger partial charge is 0.196 e. The fourth-order valence-electron chi connectivity index (χ4n) is 1.82. The van der Waals surface area contributed by atoms with Crippen LogP contribution in [0, 0.1) is 6.92 Å². The molecule has 0 aromatic heterocycles. The summed E-state index contributed by atoms with van der Waals surface area (Å²) in [4.78, 5) is 12.5. The second-order valence-electron chi connectivity index (χ2n) is 4.27. The molecule has 0 amide bonds. The van der Waals surface area contributed by atoms with Crippen molar-refractivity contribution in [2.45, 2.75) is 13.8 Å². The van der Waals surface area contributed by atoms with Gasteiger partial charge in [0.2, 0.25) is 0 Å². The molecule has 19 heavy (non-hydrogen) atoms. The van der Waals surface area contributed by atoms with Gasteiger partial charge in [0.1, 0.15) is 5.75 Å². The van der Waals surface area contributed by atoms with Gasteiger partial charge in [-0.25, -0.2) is 0 Å². The molecule has 2 aromatic rings. The van der Waals surface area contributed by atoms with Gasteiger partial charge in [0.15, 0.2) is 5.78 Å². The van der Waals surface area contributed by atoms with Gasteiger partial charge in [0.25, 0.3) is 0 Å². The van der Waals surface area contributed by atoms with E-state index in [0.717, 1.165) is 10.0 Å². The van der Waals surface area contributed by atoms with Crippen molar-refractivity contribution in [3.63, 3.8) is 0 Å². The number of hydrogen-bond acceptors (Lipinski definition) is 2. The van der Waals surface area contributed by atoms with Gasteiger partial charge in [-0.15, -0.1) is 0 Å². The minimum absolute atomic E-state index is 0.0234. The van der Waals surface area contributed by atoms with Crippen molar-refractivity contribution in [3.05, 3.63) is 63.6 Å². The highest BCUT2D eigenvalue weighted by atomic mass is 79.9. The molecule has 2 rings (SSSR count). The average Bonchev–Trinajstić information content (AvgIpc) is 2.41. The van der Waals surface area contributed by atoms with E-state index in [1.807, 2.05) is 50.2 Å². The summed E-state index contributed by atoms with van der Waals surface area (Å²) in [5.74, 6) is 0.598. The van der Waals surface area contributed by atoms with Gasteiger partial charge < -0.3 is 4.74 Å². The normalized spacial score (nSPS) is 10.3. The van der Waals surface area contributed by atoms with E-state index in [1.54, 1.807) is 6.07 Å². The van der Waals surface area contributed by atoms with Crippen LogP contribution in [-0.4, -0.2) is 12.4 Å². The zero-order valence-corrected chi connectivity index (χ0v) is 12.5. The average molecular weight is 319 g/mol. The molecule has 0 atom stereocenters. The number of halogens is 1. The molecule has 98 valence electrons. The standard InChI is InChI=1S/C16H15BrO2/c1-3-19-15-9-8-13(17)10-14(15)16(18)12-6-4-11(2)5-7-12/h4-10H,3H2,1-2H3. The van der Waals surface area contributed by atoms with Crippen LogP contribution in [-0.2, 0) is 0 Å². The summed E-state index contributed by atoms with van der Waals surface area (Å²) in [5, 5.41) is 0. The van der Waals surface area contributed by atoms with Crippen LogP contribution in [0.2, 0.25) is 0 Å². The second kappa shape index (κ2) is 6.02. The molecule has 0 saturated heterocycles. The molecule has 0 saturated carbocycles. The molecule has 0 fully saturated rings. The predicted molar refractivity (Wildman–Crippen MR) is 79.9 cm³/mol. The van der Waals surface area contributed by atoms with Crippen molar-refractivity contribution < 1.29 is 9.53 Å². The Morgan fingerprint density at radius 1 is 1.16 bits per heavy atom. The predicted octanol–water partition coefficient (Wildman–Crippen LogP) is 4.39. The van der Waals surface area contributed by atoms with Gasteiger partial charge in [-0.05, 0) is 32.0 Å². The summed E-state index contributed by atoms with van der Waals surface area (Å²) in [5.41, 5.74) is 2.39. The van der Waals surface area contributed by atoms with Crippen LogP contribution in [0.3, 0.4) is 0 Å². The zero-order chi connectivity index (χ0) is 13.8. The summed E-state index contributed by atoms with van der Waals surface area (Å²) < 4.78 is 6.38. The molecule has 0 aliphatic heterocycles. The minimum Gasteiger partial charge on any atom is -0.493 e. The molecule has 0 aliphatic rings. The van der Waals surface area contributed by atoms with E-state index in [9.17, 15) is 4.79 Å². The first-order valence-corrected chi connectivity index (χ1v) is 6.95. The van der Waals surface area contributed by atoms with Crippen LogP contribution >= 0.6 is 15.9 Å². The fourth-order valence-corrected chi connectivity index (χ4v) is 2.18. The monoisotopic (exact) mass is 318 g/mol. The molecule has 0 heterocycles. The van der Waals surface area contributed by atoms with Gasteiger partial charge in [-0.2, -0.15) is 0 Å². The number of rotatable bonds is 4. The number of carbonyl (C=O) groups is 1. The van der Waals surface area contributed by atoms with Gasteiger partial charge in [-0.1, -0.05) is 45.8 Å². The van der Waals surface area contributed by atoms with Crippen LogP contribution in [0.25, 0.3) is 0 Å². The Bertz CT molecular complexity index is 588. The Balaban J connectivity index is 2.42. The highest BCUT2D eigenvalue weighted by molar-refractivity contribution is 9.10. The molecule has 2 aromatic carbocycles. The number of ether oxygens (including phenoxy) is 1. The van der Waals surface area contributed by atoms with Crippen molar-refractivity contribution in [3.8, 4) is 5.75 Å². The molecular weight excluding hydrogens is 304 g/mol. The molecule has 0 spiro atoms. The Labute approximate surface area is 121 Å². The van der Waals surface area contributed by atoms with E-state index < -0.39 is 0 Å². The number of benzene rings is 2. The summed E-state index contributed by atoms with van der Waals surface area (Å²) >= 11 is 3.39. The van der Waals surface area contributed by atoms with E-state index in [-0.39, 0.29) is 5.78 Å². The second-order valence-corrected chi connectivity index (χ2v) is 5.18. The van der Waals surface area contributed by atoms with Crippen LogP contribution in [0.5, 0.6) is 5.75 Å². The van der Waals surface area contributed by atoms with E-state index in [4.69, 9.17) is 4.74 Å². The lowest BCUT2D eigenvalue weighted by Crippen LogP contribution is -2.05. The lowest BCUT2D eigenvalue weighted by Gasteiger charge is -2.10. The quantitative estimate of drug-likeness (QED) is 0.782. The lowest BCUT2D eigenvalue weighted by atomic mass is 10.0. The highest BCUT2D eigenvalue weighted by Crippen LogP contribution is 2.26. The maximum Gasteiger partial charge on any atom is 0.196 e. The Morgan fingerprint density at radius 2 is 1.84 bits per heavy atom. The summed E-state index contributed by atoms with van der Waals surface area (Å²) in [6.07, 6.45) is 0. The third kappa shape index (κ3) is 3.24. The van der Waals surface area contributed by atoms with Crippen molar-refractivity contribution in [2.24, 2.45) is 0 Å². The first-order valence-electron chi connectivity index (χ1n) is 6.15. The number of carbonyl (C=O) groups excluding carboxylic acids is 1. The maximum absolute atomic E-state index is 12.5. The Kier molecular flexibility index (Phi) is 4.38. The molecule has 3 heteroatoms. The van der Waals surface area contributed by atoms with Crippen molar-refractivity contribution in [1.29, 1.82) is 0 Å². The van der Waals surface area contributed by atoms with Crippen LogP contribution in [0.15, 0.2) is 46.9 Å². The SMILES string of the molecule is CCOc1ccc(Br)cc1C(=O)c1ccc(C)cc1. The number of aryl methyl sites for hydroxylation is 1. The van der Waals surface area contributed by atoms with Gasteiger partial charge >= 0.3 is 0 Å². The van der Waals surface area contributed by atoms with Crippen molar-refractivity contribution in [2.75, 3.05) is 6.61 Å². The third-order valence-corrected chi connectivity index (χ3v) is 3.29. The van der Waals surface area contributed by atoms with E-state index in [1.165, 1.54) is 0 Å². The van der Waals surface area contributed by atoms with Crippen molar-refractivity contribution in [1.82, 2.24) is 0 Å². The van der Waals surface area contributed by atoms with Crippen LogP contribution in [0.4, 0.5) is 0 Å². The highest BCUT2D eigenvalue weighted by Gasteiger charge is 2.15. The molecule has 0 radical (unpaired) electrons. The molecular formula is C16H15BrO2. The summed E-state index contributed by atoms with van der Waals surface area (Å²) in [7, 11) is 0. The van der Waals surface area contributed by atoms with E-state index in [2.05, 4.69) is 15.9 Å².